The first-order valence-corrected chi connectivity index (χ1v) is 9.67. The molecule has 0 bridgehead atoms. The molecule has 0 radical (unpaired) electrons. The van der Waals surface area contributed by atoms with E-state index in [1.165, 1.54) is 0 Å². The molecule has 156 valence electrons. The number of carbonyl (C=O) groups is 2. The third-order valence-corrected chi connectivity index (χ3v) is 4.58. The minimum Gasteiger partial charge on any atom is -0.486 e. The quantitative estimate of drug-likeness (QED) is 0.427. The lowest BCUT2D eigenvalue weighted by Gasteiger charge is -2.11. The van der Waals surface area contributed by atoms with E-state index in [0.29, 0.717) is 17.2 Å². The number of nitrogens with one attached hydrogen (secondary N) is 2. The van der Waals surface area contributed by atoms with Gasteiger partial charge in [-0.3, -0.25) is 4.79 Å². The van der Waals surface area contributed by atoms with Gasteiger partial charge in [0.25, 0.3) is 0 Å². The Balaban J connectivity index is 1.50. The minimum atomic E-state index is -0.644. The van der Waals surface area contributed by atoms with Crippen LogP contribution in [0.2, 0.25) is 0 Å². The van der Waals surface area contributed by atoms with Crippen molar-refractivity contribution < 1.29 is 14.3 Å². The molecule has 0 spiro atoms. The fourth-order valence-electron chi connectivity index (χ4n) is 3.20. The lowest BCUT2D eigenvalue weighted by atomic mass is 10.2. The van der Waals surface area contributed by atoms with Crippen LogP contribution in [-0.2, 0) is 17.9 Å². The maximum Gasteiger partial charge on any atom is 0.316 e. The number of nitrogens with two attached hydrogens (primary N) is 1. The molecule has 0 fully saturated rings. The number of nitrogens with zero attached hydrogens (tertiary/aromatic N) is 2. The van der Waals surface area contributed by atoms with Crippen LogP contribution in [0.25, 0.3) is 11.0 Å². The van der Waals surface area contributed by atoms with E-state index in [1.807, 2.05) is 59.2 Å². The maximum atomic E-state index is 12.7. The van der Waals surface area contributed by atoms with Crippen molar-refractivity contribution >= 4 is 34.3 Å². The van der Waals surface area contributed by atoms with Gasteiger partial charge in [-0.1, -0.05) is 30.3 Å². The fraction of sp³-hybridized carbons (Fsp3) is 0.0870. The van der Waals surface area contributed by atoms with Crippen molar-refractivity contribution in [3.63, 3.8) is 0 Å². The molecule has 0 unspecified atom stereocenters. The zero-order valence-electron chi connectivity index (χ0n) is 16.6. The molecule has 4 rings (SSSR count). The summed E-state index contributed by atoms with van der Waals surface area (Å²) in [6, 6.07) is 23.2. The summed E-state index contributed by atoms with van der Waals surface area (Å²) in [7, 11) is 0. The van der Waals surface area contributed by atoms with E-state index >= 15 is 0 Å². The van der Waals surface area contributed by atoms with Crippen LogP contribution in [0, 0.1) is 0 Å². The molecule has 1 heterocycles. The number of rotatable bonds is 7. The average Bonchev–Trinajstić information content (AvgIpc) is 3.11. The van der Waals surface area contributed by atoms with Crippen LogP contribution < -0.4 is 21.1 Å². The lowest BCUT2D eigenvalue weighted by molar-refractivity contribution is -0.116. The van der Waals surface area contributed by atoms with Gasteiger partial charge in [0.2, 0.25) is 5.91 Å². The van der Waals surface area contributed by atoms with E-state index in [1.54, 1.807) is 24.3 Å². The largest absolute Gasteiger partial charge is 0.486 e. The van der Waals surface area contributed by atoms with Gasteiger partial charge in [0.05, 0.1) is 11.0 Å². The standard InChI is InChI=1S/C23H21N5O3/c24-23(30)26-17-12-10-16(11-13-17)25-22(29)14-28-20-9-5-4-8-19(20)27-21(28)15-31-18-6-2-1-3-7-18/h1-13H,14-15H2,(H,25,29)(H3,24,26,30). The average molecular weight is 415 g/mol. The molecule has 8 nitrogen and oxygen atoms in total. The van der Waals surface area contributed by atoms with Gasteiger partial charge in [0.1, 0.15) is 24.7 Å². The highest BCUT2D eigenvalue weighted by molar-refractivity contribution is 5.92. The first kappa shape index (κ1) is 20.0. The number of anilines is 2. The molecule has 3 aromatic carbocycles. The van der Waals surface area contributed by atoms with Crippen LogP contribution in [0.15, 0.2) is 78.9 Å². The Labute approximate surface area is 178 Å². The number of aromatic nitrogens is 2. The van der Waals surface area contributed by atoms with Crippen molar-refractivity contribution in [1.29, 1.82) is 0 Å². The number of imidazole rings is 1. The van der Waals surface area contributed by atoms with Crippen molar-refractivity contribution in [2.75, 3.05) is 10.6 Å². The van der Waals surface area contributed by atoms with Gasteiger partial charge in [-0.25, -0.2) is 9.78 Å². The van der Waals surface area contributed by atoms with E-state index < -0.39 is 6.03 Å². The second kappa shape index (κ2) is 9.00. The molecule has 0 saturated heterocycles. The van der Waals surface area contributed by atoms with Crippen molar-refractivity contribution in [2.45, 2.75) is 13.2 Å². The SMILES string of the molecule is NC(=O)Nc1ccc(NC(=O)Cn2c(COc3ccccc3)nc3ccccc32)cc1. The summed E-state index contributed by atoms with van der Waals surface area (Å²) in [6.45, 7) is 0.314. The molecule has 8 heteroatoms. The molecule has 0 aliphatic rings. The molecule has 0 aliphatic heterocycles. The van der Waals surface area contributed by atoms with E-state index in [-0.39, 0.29) is 19.1 Å². The Hall–Kier alpha value is -4.33. The number of carbonyl (C=O) groups excluding carboxylic acids is 2. The number of hydrogen-bond donors (Lipinski definition) is 3. The first-order chi connectivity index (χ1) is 15.1. The second-order valence-electron chi connectivity index (χ2n) is 6.82. The number of para-hydroxylation sites is 3. The van der Waals surface area contributed by atoms with Crippen LogP contribution in [0.1, 0.15) is 5.82 Å². The van der Waals surface area contributed by atoms with Crippen molar-refractivity contribution in [2.24, 2.45) is 5.73 Å². The first-order valence-electron chi connectivity index (χ1n) is 9.67. The smallest absolute Gasteiger partial charge is 0.316 e. The van der Waals surface area contributed by atoms with Gasteiger partial charge in [0.15, 0.2) is 0 Å². The molecule has 4 N–H and O–H groups in total. The van der Waals surface area contributed by atoms with Gasteiger partial charge in [-0.05, 0) is 48.5 Å². The van der Waals surface area contributed by atoms with E-state index in [9.17, 15) is 9.59 Å². The lowest BCUT2D eigenvalue weighted by Crippen LogP contribution is -2.21. The predicted octanol–water partition coefficient (Wildman–Crippen LogP) is 3.74. The van der Waals surface area contributed by atoms with Crippen LogP contribution in [-0.4, -0.2) is 21.5 Å². The number of amides is 3. The molecule has 0 aliphatic carbocycles. The van der Waals surface area contributed by atoms with E-state index in [4.69, 9.17) is 10.5 Å². The Morgan fingerprint density at radius 1 is 0.871 bits per heavy atom. The summed E-state index contributed by atoms with van der Waals surface area (Å²) >= 11 is 0. The highest BCUT2D eigenvalue weighted by Gasteiger charge is 2.14. The number of hydrogen-bond acceptors (Lipinski definition) is 4. The summed E-state index contributed by atoms with van der Waals surface area (Å²) in [6.07, 6.45) is 0. The third-order valence-electron chi connectivity index (χ3n) is 4.58. The van der Waals surface area contributed by atoms with Gasteiger partial charge in [-0.2, -0.15) is 0 Å². The number of ether oxygens (including phenoxy) is 1. The summed E-state index contributed by atoms with van der Waals surface area (Å²) in [4.78, 5) is 28.3. The van der Waals surface area contributed by atoms with Crippen molar-refractivity contribution in [3.8, 4) is 5.75 Å². The monoisotopic (exact) mass is 415 g/mol. The van der Waals surface area contributed by atoms with Crippen molar-refractivity contribution in [1.82, 2.24) is 9.55 Å². The Bertz CT molecular complexity index is 1200. The fourth-order valence-corrected chi connectivity index (χ4v) is 3.20. The predicted molar refractivity (Wildman–Crippen MR) is 119 cm³/mol. The molecule has 0 atom stereocenters. The summed E-state index contributed by atoms with van der Waals surface area (Å²) in [5, 5.41) is 5.33. The number of urea groups is 1. The second-order valence-corrected chi connectivity index (χ2v) is 6.82. The molecule has 31 heavy (non-hydrogen) atoms. The van der Waals surface area contributed by atoms with Gasteiger partial charge < -0.3 is 25.7 Å². The molecule has 3 amide bonds. The van der Waals surface area contributed by atoms with Crippen LogP contribution in [0.3, 0.4) is 0 Å². The molecule has 4 aromatic rings. The molecular formula is C23H21N5O3. The van der Waals surface area contributed by atoms with Crippen LogP contribution in [0.5, 0.6) is 5.75 Å². The normalized spacial score (nSPS) is 10.6. The highest BCUT2D eigenvalue weighted by atomic mass is 16.5. The van der Waals surface area contributed by atoms with Gasteiger partial charge in [0, 0.05) is 11.4 Å². The summed E-state index contributed by atoms with van der Waals surface area (Å²) in [5.74, 6) is 1.18. The van der Waals surface area contributed by atoms with E-state index in [0.717, 1.165) is 16.8 Å². The molecular weight excluding hydrogens is 394 g/mol. The highest BCUT2D eigenvalue weighted by Crippen LogP contribution is 2.19. The Kier molecular flexibility index (Phi) is 5.79. The van der Waals surface area contributed by atoms with E-state index in [2.05, 4.69) is 15.6 Å². The topological polar surface area (TPSA) is 111 Å². The third kappa shape index (κ3) is 4.99. The maximum absolute atomic E-state index is 12.7. The van der Waals surface area contributed by atoms with Gasteiger partial charge >= 0.3 is 6.03 Å². The number of benzene rings is 3. The Morgan fingerprint density at radius 2 is 1.52 bits per heavy atom. The summed E-state index contributed by atoms with van der Waals surface area (Å²) < 4.78 is 7.69. The zero-order valence-corrected chi connectivity index (χ0v) is 16.6. The van der Waals surface area contributed by atoms with Crippen LogP contribution in [0.4, 0.5) is 16.2 Å². The molecule has 0 saturated carbocycles. The number of primary amides is 1. The Morgan fingerprint density at radius 3 is 2.23 bits per heavy atom. The van der Waals surface area contributed by atoms with Crippen molar-refractivity contribution in [3.05, 3.63) is 84.7 Å². The molecule has 1 aromatic heterocycles. The van der Waals surface area contributed by atoms with Gasteiger partial charge in [-0.15, -0.1) is 0 Å². The van der Waals surface area contributed by atoms with Crippen LogP contribution >= 0.6 is 0 Å². The zero-order chi connectivity index (χ0) is 21.6. The minimum absolute atomic E-state index is 0.0787. The summed E-state index contributed by atoms with van der Waals surface area (Å²) in [5.41, 5.74) is 7.90. The number of fused-ring (bicyclic) bond motifs is 1.